The van der Waals surface area contributed by atoms with E-state index in [1.54, 1.807) is 18.2 Å². The van der Waals surface area contributed by atoms with Crippen LogP contribution in [0.1, 0.15) is 46.2 Å². The molecule has 1 aromatic carbocycles. The van der Waals surface area contributed by atoms with Gasteiger partial charge in [-0.05, 0) is 55.5 Å². The number of nitrogens with zero attached hydrogens (tertiary/aromatic N) is 2. The van der Waals surface area contributed by atoms with Crippen LogP contribution in [0.4, 0.5) is 0 Å². The van der Waals surface area contributed by atoms with Crippen LogP contribution in [0.5, 0.6) is 0 Å². The van der Waals surface area contributed by atoms with Gasteiger partial charge in [-0.3, -0.25) is 9.78 Å². The molecule has 3 aromatic rings. The molecule has 2 aromatic heterocycles. The summed E-state index contributed by atoms with van der Waals surface area (Å²) in [6.07, 6.45) is 6.44. The Hall–Kier alpha value is -2.66. The highest BCUT2D eigenvalue weighted by atomic mass is 16.5. The molecule has 1 aliphatic carbocycles. The Morgan fingerprint density at radius 3 is 2.89 bits per heavy atom. The van der Waals surface area contributed by atoms with Gasteiger partial charge in [-0.15, -0.1) is 0 Å². The number of carbonyl (C=O) groups is 1. The standard InChI is InChI=1S/C22H25N3O2/c1-25(21(14-27-2)19-9-5-6-12-23-19)22(26)15-10-11-17-16-7-3-4-8-18(16)24-20(17)13-15/h5-6,9-13,21,24H,3-4,7-8,14H2,1-2H3/t21-/m0/s1. The predicted molar refractivity (Wildman–Crippen MR) is 106 cm³/mol. The molecule has 0 radical (unpaired) electrons. The number of rotatable bonds is 5. The van der Waals surface area contributed by atoms with Gasteiger partial charge in [0.1, 0.15) is 0 Å². The highest BCUT2D eigenvalue weighted by molar-refractivity contribution is 5.99. The molecule has 4 rings (SSSR count). The normalized spacial score (nSPS) is 14.7. The second kappa shape index (κ2) is 7.53. The molecule has 140 valence electrons. The molecule has 0 fully saturated rings. The number of benzene rings is 1. The number of aryl methyl sites for hydroxylation is 2. The van der Waals surface area contributed by atoms with Gasteiger partial charge in [-0.25, -0.2) is 0 Å². The number of hydrogen-bond acceptors (Lipinski definition) is 3. The summed E-state index contributed by atoms with van der Waals surface area (Å²) in [6.45, 7) is 0.401. The molecule has 5 nitrogen and oxygen atoms in total. The van der Waals surface area contributed by atoms with Crippen LogP contribution in [0.2, 0.25) is 0 Å². The summed E-state index contributed by atoms with van der Waals surface area (Å²) in [6, 6.07) is 11.5. The van der Waals surface area contributed by atoms with Crippen molar-refractivity contribution in [2.75, 3.05) is 20.8 Å². The van der Waals surface area contributed by atoms with Crippen molar-refractivity contribution in [2.24, 2.45) is 0 Å². The van der Waals surface area contributed by atoms with Gasteiger partial charge in [0, 0.05) is 42.5 Å². The number of likely N-dealkylation sites (N-methyl/N-ethyl adjacent to an activating group) is 1. The number of H-pyrrole nitrogens is 1. The summed E-state index contributed by atoms with van der Waals surface area (Å²) in [5.74, 6) is -0.0304. The zero-order chi connectivity index (χ0) is 18.8. The van der Waals surface area contributed by atoms with Crippen molar-refractivity contribution in [3.63, 3.8) is 0 Å². The summed E-state index contributed by atoms with van der Waals surface area (Å²) in [4.78, 5) is 22.8. The molecule has 0 aliphatic heterocycles. The molecule has 1 amide bonds. The predicted octanol–water partition coefficient (Wildman–Crippen LogP) is 3.90. The Morgan fingerprint density at radius 2 is 2.11 bits per heavy atom. The maximum Gasteiger partial charge on any atom is 0.254 e. The first kappa shape index (κ1) is 17.7. The third-order valence-electron chi connectivity index (χ3n) is 5.49. The van der Waals surface area contributed by atoms with Crippen molar-refractivity contribution in [3.8, 4) is 0 Å². The van der Waals surface area contributed by atoms with Gasteiger partial charge >= 0.3 is 0 Å². The fourth-order valence-corrected chi connectivity index (χ4v) is 4.02. The molecule has 1 atom stereocenters. The van der Waals surface area contributed by atoms with E-state index in [9.17, 15) is 4.79 Å². The molecule has 2 heterocycles. The van der Waals surface area contributed by atoms with Crippen LogP contribution in [0.3, 0.4) is 0 Å². The van der Waals surface area contributed by atoms with Crippen LogP contribution >= 0.6 is 0 Å². The van der Waals surface area contributed by atoms with Crippen LogP contribution < -0.4 is 0 Å². The van der Waals surface area contributed by atoms with Gasteiger partial charge in [-0.2, -0.15) is 0 Å². The molecule has 0 saturated heterocycles. The summed E-state index contributed by atoms with van der Waals surface area (Å²) in [5, 5.41) is 1.25. The summed E-state index contributed by atoms with van der Waals surface area (Å²) >= 11 is 0. The first-order valence-corrected chi connectivity index (χ1v) is 9.49. The highest BCUT2D eigenvalue weighted by Crippen LogP contribution is 2.30. The van der Waals surface area contributed by atoms with E-state index < -0.39 is 0 Å². The molecule has 0 spiro atoms. The van der Waals surface area contributed by atoms with Gasteiger partial charge in [-0.1, -0.05) is 12.1 Å². The molecule has 1 N–H and O–H groups in total. The Balaban J connectivity index is 1.64. The first-order valence-electron chi connectivity index (χ1n) is 9.49. The van der Waals surface area contributed by atoms with Crippen molar-refractivity contribution in [1.82, 2.24) is 14.9 Å². The van der Waals surface area contributed by atoms with E-state index in [-0.39, 0.29) is 11.9 Å². The SMILES string of the molecule is COC[C@@H](c1ccccn1)N(C)C(=O)c1ccc2c3c([nH]c2c1)CCCC3. The minimum Gasteiger partial charge on any atom is -0.382 e. The fraction of sp³-hybridized carbons (Fsp3) is 0.364. The Bertz CT molecular complexity index is 949. The summed E-state index contributed by atoms with van der Waals surface area (Å²) in [5.41, 5.74) is 5.32. The number of aromatic nitrogens is 2. The van der Waals surface area contributed by atoms with Crippen molar-refractivity contribution in [1.29, 1.82) is 0 Å². The number of nitrogens with one attached hydrogen (secondary N) is 1. The van der Waals surface area contributed by atoms with E-state index in [0.717, 1.165) is 24.1 Å². The quantitative estimate of drug-likeness (QED) is 0.748. The average molecular weight is 363 g/mol. The third-order valence-corrected chi connectivity index (χ3v) is 5.49. The Morgan fingerprint density at radius 1 is 1.26 bits per heavy atom. The average Bonchev–Trinajstić information content (AvgIpc) is 3.09. The molecular weight excluding hydrogens is 338 g/mol. The van der Waals surface area contributed by atoms with Crippen molar-refractivity contribution < 1.29 is 9.53 Å². The number of hydrogen-bond donors (Lipinski definition) is 1. The summed E-state index contributed by atoms with van der Waals surface area (Å²) < 4.78 is 5.35. The smallest absolute Gasteiger partial charge is 0.254 e. The minimum absolute atomic E-state index is 0.0304. The zero-order valence-electron chi connectivity index (χ0n) is 15.9. The number of amides is 1. The minimum atomic E-state index is -0.226. The molecule has 0 unspecified atom stereocenters. The van der Waals surface area contributed by atoms with Crippen LogP contribution in [0.15, 0.2) is 42.6 Å². The lowest BCUT2D eigenvalue weighted by Crippen LogP contribution is -2.34. The number of carbonyl (C=O) groups excluding carboxylic acids is 1. The Labute approximate surface area is 159 Å². The Kier molecular flexibility index (Phi) is 4.94. The second-order valence-electron chi connectivity index (χ2n) is 7.19. The monoisotopic (exact) mass is 363 g/mol. The largest absolute Gasteiger partial charge is 0.382 e. The highest BCUT2D eigenvalue weighted by Gasteiger charge is 2.24. The van der Waals surface area contributed by atoms with Crippen LogP contribution in [0, 0.1) is 0 Å². The van der Waals surface area contributed by atoms with Crippen LogP contribution in [-0.4, -0.2) is 41.5 Å². The van der Waals surface area contributed by atoms with Gasteiger partial charge in [0.2, 0.25) is 0 Å². The number of ether oxygens (including phenoxy) is 1. The molecule has 1 aliphatic rings. The van der Waals surface area contributed by atoms with Crippen molar-refractivity contribution in [2.45, 2.75) is 31.7 Å². The lowest BCUT2D eigenvalue weighted by atomic mass is 9.95. The van der Waals surface area contributed by atoms with Crippen LogP contribution in [0.25, 0.3) is 10.9 Å². The van der Waals surface area contributed by atoms with Crippen LogP contribution in [-0.2, 0) is 17.6 Å². The van der Waals surface area contributed by atoms with Crippen molar-refractivity contribution >= 4 is 16.8 Å². The number of fused-ring (bicyclic) bond motifs is 3. The van der Waals surface area contributed by atoms with E-state index in [2.05, 4.69) is 16.0 Å². The number of pyridine rings is 1. The van der Waals surface area contributed by atoms with E-state index in [0.29, 0.717) is 12.2 Å². The maximum atomic E-state index is 13.1. The van der Waals surface area contributed by atoms with E-state index >= 15 is 0 Å². The fourth-order valence-electron chi connectivity index (χ4n) is 4.02. The number of methoxy groups -OCH3 is 1. The summed E-state index contributed by atoms with van der Waals surface area (Å²) in [7, 11) is 3.45. The lowest BCUT2D eigenvalue weighted by molar-refractivity contribution is 0.0595. The van der Waals surface area contributed by atoms with Gasteiger partial charge < -0.3 is 14.6 Å². The van der Waals surface area contributed by atoms with Gasteiger partial charge in [0.15, 0.2) is 0 Å². The first-order chi connectivity index (χ1) is 13.2. The lowest BCUT2D eigenvalue weighted by Gasteiger charge is -2.27. The molecule has 0 bridgehead atoms. The van der Waals surface area contributed by atoms with Crippen molar-refractivity contribution in [3.05, 3.63) is 65.1 Å². The topological polar surface area (TPSA) is 58.2 Å². The van der Waals surface area contributed by atoms with E-state index in [1.807, 2.05) is 37.4 Å². The molecular formula is C22H25N3O2. The maximum absolute atomic E-state index is 13.1. The van der Waals surface area contributed by atoms with Gasteiger partial charge in [0.05, 0.1) is 18.3 Å². The third kappa shape index (κ3) is 3.35. The van der Waals surface area contributed by atoms with E-state index in [4.69, 9.17) is 4.74 Å². The number of aromatic amines is 1. The van der Waals surface area contributed by atoms with Gasteiger partial charge in [0.25, 0.3) is 5.91 Å². The van der Waals surface area contributed by atoms with E-state index in [1.165, 1.54) is 29.5 Å². The molecule has 5 heteroatoms. The zero-order valence-corrected chi connectivity index (χ0v) is 15.9. The molecule has 0 saturated carbocycles. The second-order valence-corrected chi connectivity index (χ2v) is 7.19. The molecule has 27 heavy (non-hydrogen) atoms.